The Morgan fingerprint density at radius 3 is 2.83 bits per heavy atom. The second kappa shape index (κ2) is 7.08. The first-order chi connectivity index (χ1) is 10.6. The van der Waals surface area contributed by atoms with Crippen LogP contribution in [0.3, 0.4) is 0 Å². The van der Waals surface area contributed by atoms with E-state index in [-0.39, 0.29) is 24.7 Å². The molecule has 2 aromatic rings. The zero-order valence-electron chi connectivity index (χ0n) is 12.8. The molecule has 2 N–H and O–H groups in total. The van der Waals surface area contributed by atoms with E-state index in [0.717, 1.165) is 25.2 Å². The number of aromatic carboxylic acids is 1. The van der Waals surface area contributed by atoms with Gasteiger partial charge in [0.05, 0.1) is 18.0 Å². The molecule has 0 aliphatic carbocycles. The third-order valence-electron chi connectivity index (χ3n) is 4.06. The minimum atomic E-state index is -1.07. The summed E-state index contributed by atoms with van der Waals surface area (Å²) in [5.74, 6) is -1.07. The summed E-state index contributed by atoms with van der Waals surface area (Å²) in [6, 6.07) is 5.94. The number of aromatic nitrogens is 3. The molecule has 1 aliphatic heterocycles. The van der Waals surface area contributed by atoms with Crippen LogP contribution in [0.2, 0.25) is 0 Å². The van der Waals surface area contributed by atoms with E-state index in [1.165, 1.54) is 11.1 Å². The number of nitrogens with zero attached hydrogens (tertiary/aromatic N) is 4. The molecule has 23 heavy (non-hydrogen) atoms. The van der Waals surface area contributed by atoms with E-state index in [1.807, 2.05) is 12.1 Å². The highest BCUT2D eigenvalue weighted by Gasteiger charge is 2.22. The van der Waals surface area contributed by atoms with Crippen molar-refractivity contribution in [1.82, 2.24) is 19.9 Å². The van der Waals surface area contributed by atoms with Crippen molar-refractivity contribution < 1.29 is 15.0 Å². The number of β-amino-alcohol motifs (C(OH)–C–C–N with tert-alkyl or cyclic N) is 1. The van der Waals surface area contributed by atoms with Gasteiger partial charge in [0, 0.05) is 19.6 Å². The van der Waals surface area contributed by atoms with Gasteiger partial charge in [-0.05, 0) is 30.5 Å². The Balaban J connectivity index is 0.00000192. The van der Waals surface area contributed by atoms with E-state index < -0.39 is 5.97 Å². The zero-order chi connectivity index (χ0) is 15.7. The third-order valence-corrected chi connectivity index (χ3v) is 4.06. The molecule has 1 aromatic heterocycles. The highest BCUT2D eigenvalue weighted by Crippen LogP contribution is 2.26. The predicted molar refractivity (Wildman–Crippen MR) is 86.4 cm³/mol. The molecule has 0 fully saturated rings. The Labute approximate surface area is 139 Å². The molecule has 0 bridgehead atoms. The lowest BCUT2D eigenvalue weighted by molar-refractivity contribution is 0.0689. The summed E-state index contributed by atoms with van der Waals surface area (Å²) in [5, 5.41) is 25.9. The van der Waals surface area contributed by atoms with Crippen LogP contribution in [-0.2, 0) is 13.0 Å². The monoisotopic (exact) mass is 338 g/mol. The number of fused-ring (bicyclic) bond motifs is 1. The Morgan fingerprint density at radius 2 is 2.17 bits per heavy atom. The smallest absolute Gasteiger partial charge is 0.358 e. The molecule has 0 atom stereocenters. The summed E-state index contributed by atoms with van der Waals surface area (Å²) in [5.41, 5.74) is 3.75. The summed E-state index contributed by atoms with van der Waals surface area (Å²) in [6.07, 6.45) is 0.840. The van der Waals surface area contributed by atoms with Crippen molar-refractivity contribution in [1.29, 1.82) is 0 Å². The average Bonchev–Trinajstić information content (AvgIpc) is 2.88. The Hall–Kier alpha value is -1.96. The molecule has 1 aromatic carbocycles. The fourth-order valence-corrected chi connectivity index (χ4v) is 2.93. The average molecular weight is 339 g/mol. The molecule has 0 spiro atoms. The molecule has 0 saturated heterocycles. The normalized spacial score (nSPS) is 14.2. The molecule has 0 unspecified atom stereocenters. The predicted octanol–water partition coefficient (Wildman–Crippen LogP) is 1.05. The zero-order valence-corrected chi connectivity index (χ0v) is 13.6. The molecule has 8 heteroatoms. The number of carboxylic acids is 1. The fraction of sp³-hybridized carbons (Fsp3) is 0.400. The van der Waals surface area contributed by atoms with E-state index in [1.54, 1.807) is 11.6 Å². The van der Waals surface area contributed by atoms with Crippen LogP contribution in [-0.4, -0.2) is 55.8 Å². The fourth-order valence-electron chi connectivity index (χ4n) is 2.93. The quantitative estimate of drug-likeness (QED) is 0.865. The number of rotatable bonds is 4. The van der Waals surface area contributed by atoms with Crippen LogP contribution in [0, 0.1) is 6.92 Å². The van der Waals surface area contributed by atoms with Crippen molar-refractivity contribution in [2.75, 3.05) is 19.7 Å². The number of halogens is 1. The topological polar surface area (TPSA) is 91.5 Å². The standard InChI is InChI=1S/C15H18N4O3.ClH/c1-10-14(15(21)22)16-17-19(10)13-4-2-3-11-9-18(7-8-20)6-5-12(11)13;/h2-4,20H,5-9H2,1H3,(H,21,22);1H. The van der Waals surface area contributed by atoms with Crippen molar-refractivity contribution in [3.8, 4) is 5.69 Å². The second-order valence-corrected chi connectivity index (χ2v) is 5.40. The van der Waals surface area contributed by atoms with Crippen molar-refractivity contribution in [3.05, 3.63) is 40.7 Å². The maximum Gasteiger partial charge on any atom is 0.358 e. The van der Waals surface area contributed by atoms with Gasteiger partial charge in [-0.25, -0.2) is 9.48 Å². The summed E-state index contributed by atoms with van der Waals surface area (Å²) in [6.45, 7) is 4.17. The van der Waals surface area contributed by atoms with Gasteiger partial charge in [-0.3, -0.25) is 4.90 Å². The lowest BCUT2D eigenvalue weighted by Crippen LogP contribution is -2.33. The molecule has 2 heterocycles. The van der Waals surface area contributed by atoms with Crippen LogP contribution in [0.5, 0.6) is 0 Å². The second-order valence-electron chi connectivity index (χ2n) is 5.40. The van der Waals surface area contributed by atoms with Crippen LogP contribution in [0.1, 0.15) is 27.3 Å². The Morgan fingerprint density at radius 1 is 1.39 bits per heavy atom. The number of hydrogen-bond acceptors (Lipinski definition) is 5. The number of carbonyl (C=O) groups is 1. The van der Waals surface area contributed by atoms with E-state index in [9.17, 15) is 4.79 Å². The number of aliphatic hydroxyl groups is 1. The molecule has 0 amide bonds. The van der Waals surface area contributed by atoms with Gasteiger partial charge in [0.15, 0.2) is 5.69 Å². The van der Waals surface area contributed by atoms with E-state index >= 15 is 0 Å². The minimum Gasteiger partial charge on any atom is -0.476 e. The van der Waals surface area contributed by atoms with E-state index in [2.05, 4.69) is 21.3 Å². The summed E-state index contributed by atoms with van der Waals surface area (Å²) >= 11 is 0. The first-order valence-electron chi connectivity index (χ1n) is 7.21. The van der Waals surface area contributed by atoms with Crippen LogP contribution in [0.25, 0.3) is 5.69 Å². The molecule has 7 nitrogen and oxygen atoms in total. The minimum absolute atomic E-state index is 0. The van der Waals surface area contributed by atoms with E-state index in [0.29, 0.717) is 12.2 Å². The summed E-state index contributed by atoms with van der Waals surface area (Å²) in [4.78, 5) is 13.3. The Kier molecular flexibility index (Phi) is 5.35. The highest BCUT2D eigenvalue weighted by atomic mass is 35.5. The summed E-state index contributed by atoms with van der Waals surface area (Å²) in [7, 11) is 0. The van der Waals surface area contributed by atoms with Gasteiger partial charge in [0.25, 0.3) is 0 Å². The molecule has 0 saturated carbocycles. The van der Waals surface area contributed by atoms with Crippen LogP contribution in [0.15, 0.2) is 18.2 Å². The molecule has 0 radical (unpaired) electrons. The lowest BCUT2D eigenvalue weighted by atomic mass is 9.97. The third kappa shape index (κ3) is 3.21. The number of hydrogen-bond donors (Lipinski definition) is 2. The van der Waals surface area contributed by atoms with Gasteiger partial charge in [0.2, 0.25) is 0 Å². The van der Waals surface area contributed by atoms with Gasteiger partial charge in [-0.2, -0.15) is 0 Å². The van der Waals surface area contributed by atoms with Gasteiger partial charge in [0.1, 0.15) is 0 Å². The molecule has 3 rings (SSSR count). The van der Waals surface area contributed by atoms with Crippen LogP contribution >= 0.6 is 12.4 Å². The first kappa shape index (κ1) is 17.4. The number of carboxylic acid groups (broad SMARTS) is 1. The van der Waals surface area contributed by atoms with Crippen molar-refractivity contribution in [2.45, 2.75) is 19.9 Å². The number of benzene rings is 1. The first-order valence-corrected chi connectivity index (χ1v) is 7.21. The van der Waals surface area contributed by atoms with Gasteiger partial charge in [-0.15, -0.1) is 17.5 Å². The Bertz CT molecular complexity index is 717. The largest absolute Gasteiger partial charge is 0.476 e. The molecular weight excluding hydrogens is 320 g/mol. The molecular formula is C15H19ClN4O3. The summed E-state index contributed by atoms with van der Waals surface area (Å²) < 4.78 is 1.60. The van der Waals surface area contributed by atoms with Gasteiger partial charge < -0.3 is 10.2 Å². The molecule has 1 aliphatic rings. The maximum atomic E-state index is 11.1. The highest BCUT2D eigenvalue weighted by molar-refractivity contribution is 5.86. The lowest BCUT2D eigenvalue weighted by Gasteiger charge is -2.29. The van der Waals surface area contributed by atoms with Gasteiger partial charge >= 0.3 is 5.97 Å². The van der Waals surface area contributed by atoms with Crippen LogP contribution < -0.4 is 0 Å². The van der Waals surface area contributed by atoms with Crippen molar-refractivity contribution in [3.63, 3.8) is 0 Å². The van der Waals surface area contributed by atoms with Crippen molar-refractivity contribution >= 4 is 18.4 Å². The van der Waals surface area contributed by atoms with Gasteiger partial charge in [-0.1, -0.05) is 17.3 Å². The maximum absolute atomic E-state index is 11.1. The SMILES string of the molecule is Cc1c(C(=O)O)nnn1-c1cccc2c1CCN(CCO)C2.Cl. The number of aliphatic hydroxyl groups excluding tert-OH is 1. The van der Waals surface area contributed by atoms with Crippen LogP contribution in [0.4, 0.5) is 0 Å². The van der Waals surface area contributed by atoms with Crippen molar-refractivity contribution in [2.24, 2.45) is 0 Å². The van der Waals surface area contributed by atoms with E-state index in [4.69, 9.17) is 10.2 Å². The molecule has 124 valence electrons.